The van der Waals surface area contributed by atoms with Gasteiger partial charge in [0.15, 0.2) is 0 Å². The van der Waals surface area contributed by atoms with E-state index in [1.54, 1.807) is 19.1 Å². The van der Waals surface area contributed by atoms with Crippen LogP contribution in [0.1, 0.15) is 17.0 Å². The Hall–Kier alpha value is -3.20. The fourth-order valence-corrected chi connectivity index (χ4v) is 3.17. The van der Waals surface area contributed by atoms with Crippen LogP contribution in [0.2, 0.25) is 0 Å². The minimum atomic E-state index is -0.357. The lowest BCUT2D eigenvalue weighted by Crippen LogP contribution is -2.14. The van der Waals surface area contributed by atoms with E-state index in [0.29, 0.717) is 28.8 Å². The molecule has 0 saturated heterocycles. The molecule has 0 unspecified atom stereocenters. The third kappa shape index (κ3) is 5.89. The number of carbonyl (C=O) groups excluding carboxylic acids is 1. The molecule has 29 heavy (non-hydrogen) atoms. The number of aryl methyl sites for hydroxylation is 2. The van der Waals surface area contributed by atoms with Crippen molar-refractivity contribution in [1.82, 2.24) is 15.0 Å². The van der Waals surface area contributed by atoms with E-state index in [2.05, 4.69) is 25.6 Å². The maximum Gasteiger partial charge on any atom is 0.234 e. The fourth-order valence-electron chi connectivity index (χ4n) is 2.49. The maximum absolute atomic E-state index is 13.6. The standard InChI is InChI=1S/C20H21FN6OS/c1-12-7-8-14(9-15(12)21)23-18(28)11-29-10-17-25-19(22)27-20(26-17)24-16-6-4-3-5-13(16)2/h3-9H,10-11H2,1-2H3,(H,23,28)(H3,22,24,25,26,27). The van der Waals surface area contributed by atoms with E-state index in [-0.39, 0.29) is 23.4 Å². The monoisotopic (exact) mass is 412 g/mol. The lowest BCUT2D eigenvalue weighted by atomic mass is 10.2. The van der Waals surface area contributed by atoms with Crippen LogP contribution in [0, 0.1) is 19.7 Å². The smallest absolute Gasteiger partial charge is 0.234 e. The first-order valence-electron chi connectivity index (χ1n) is 8.87. The second-order valence-corrected chi connectivity index (χ2v) is 7.36. The van der Waals surface area contributed by atoms with Crippen LogP contribution in [0.25, 0.3) is 0 Å². The number of aromatic nitrogens is 3. The Labute approximate surface area is 172 Å². The first-order valence-corrected chi connectivity index (χ1v) is 10.0. The number of thioether (sulfide) groups is 1. The summed E-state index contributed by atoms with van der Waals surface area (Å²) in [5.41, 5.74) is 8.66. The fraction of sp³-hybridized carbons (Fsp3) is 0.200. The van der Waals surface area contributed by atoms with Crippen LogP contribution >= 0.6 is 11.8 Å². The van der Waals surface area contributed by atoms with Gasteiger partial charge in [0.25, 0.3) is 0 Å². The summed E-state index contributed by atoms with van der Waals surface area (Å²) in [4.78, 5) is 24.6. The average molecular weight is 412 g/mol. The molecule has 7 nitrogen and oxygen atoms in total. The number of para-hydroxylation sites is 1. The highest BCUT2D eigenvalue weighted by molar-refractivity contribution is 7.99. The summed E-state index contributed by atoms with van der Waals surface area (Å²) in [5.74, 6) is 0.872. The number of nitrogens with two attached hydrogens (primary N) is 1. The van der Waals surface area contributed by atoms with Crippen molar-refractivity contribution >= 4 is 40.9 Å². The Kier molecular flexibility index (Phi) is 6.61. The number of anilines is 4. The zero-order valence-corrected chi connectivity index (χ0v) is 16.9. The highest BCUT2D eigenvalue weighted by Crippen LogP contribution is 2.19. The zero-order chi connectivity index (χ0) is 20.8. The van der Waals surface area contributed by atoms with Gasteiger partial charge in [-0.1, -0.05) is 24.3 Å². The predicted molar refractivity (Wildman–Crippen MR) is 115 cm³/mol. The molecule has 9 heteroatoms. The van der Waals surface area contributed by atoms with E-state index in [1.807, 2.05) is 31.2 Å². The highest BCUT2D eigenvalue weighted by Gasteiger charge is 2.09. The molecule has 0 bridgehead atoms. The Morgan fingerprint density at radius 2 is 1.90 bits per heavy atom. The molecule has 0 spiro atoms. The van der Waals surface area contributed by atoms with E-state index >= 15 is 0 Å². The van der Waals surface area contributed by atoms with Crippen molar-refractivity contribution in [3.8, 4) is 0 Å². The summed E-state index contributed by atoms with van der Waals surface area (Å²) in [6.45, 7) is 3.64. The second-order valence-electron chi connectivity index (χ2n) is 6.38. The third-order valence-corrected chi connectivity index (χ3v) is 4.94. The van der Waals surface area contributed by atoms with Crippen LogP contribution in [0.15, 0.2) is 42.5 Å². The van der Waals surface area contributed by atoms with Crippen molar-refractivity contribution < 1.29 is 9.18 Å². The SMILES string of the molecule is Cc1ccc(NC(=O)CSCc2nc(N)nc(Nc3ccccc3C)n2)cc1F. The summed E-state index contributed by atoms with van der Waals surface area (Å²) >= 11 is 1.33. The van der Waals surface area contributed by atoms with Gasteiger partial charge < -0.3 is 16.4 Å². The summed E-state index contributed by atoms with van der Waals surface area (Å²) in [7, 11) is 0. The molecule has 1 aromatic heterocycles. The van der Waals surface area contributed by atoms with Crippen molar-refractivity contribution in [1.29, 1.82) is 0 Å². The topological polar surface area (TPSA) is 106 Å². The van der Waals surface area contributed by atoms with Crippen LogP contribution < -0.4 is 16.4 Å². The van der Waals surface area contributed by atoms with Crippen molar-refractivity contribution in [2.45, 2.75) is 19.6 Å². The molecule has 0 radical (unpaired) electrons. The number of nitrogens with one attached hydrogen (secondary N) is 2. The Morgan fingerprint density at radius 3 is 2.66 bits per heavy atom. The molecule has 3 rings (SSSR count). The third-order valence-electron chi connectivity index (χ3n) is 4.01. The number of hydrogen-bond donors (Lipinski definition) is 3. The van der Waals surface area contributed by atoms with Crippen molar-refractivity contribution in [3.63, 3.8) is 0 Å². The van der Waals surface area contributed by atoms with Crippen LogP contribution in [-0.2, 0) is 10.5 Å². The molecular weight excluding hydrogens is 391 g/mol. The van der Waals surface area contributed by atoms with E-state index in [4.69, 9.17) is 5.73 Å². The molecule has 3 aromatic rings. The molecular formula is C20H21FN6OS. The van der Waals surface area contributed by atoms with Gasteiger partial charge in [-0.2, -0.15) is 15.0 Å². The molecule has 0 atom stereocenters. The lowest BCUT2D eigenvalue weighted by Gasteiger charge is -2.09. The number of nitrogens with zero attached hydrogens (tertiary/aromatic N) is 3. The molecule has 4 N–H and O–H groups in total. The van der Waals surface area contributed by atoms with Gasteiger partial charge in [-0.15, -0.1) is 11.8 Å². The number of benzene rings is 2. The minimum absolute atomic E-state index is 0.103. The number of rotatable bonds is 7. The molecule has 1 heterocycles. The van der Waals surface area contributed by atoms with Crippen molar-refractivity contribution in [2.24, 2.45) is 0 Å². The van der Waals surface area contributed by atoms with Crippen LogP contribution in [-0.4, -0.2) is 26.6 Å². The number of nitrogen functional groups attached to an aromatic ring is 1. The first kappa shape index (κ1) is 20.5. The highest BCUT2D eigenvalue weighted by atomic mass is 32.2. The minimum Gasteiger partial charge on any atom is -0.368 e. The predicted octanol–water partition coefficient (Wildman–Crippen LogP) is 3.83. The molecule has 2 aromatic carbocycles. The molecule has 1 amide bonds. The summed E-state index contributed by atoms with van der Waals surface area (Å²) < 4.78 is 13.6. The normalized spacial score (nSPS) is 10.6. The van der Waals surface area contributed by atoms with Gasteiger partial charge in [-0.25, -0.2) is 4.39 Å². The van der Waals surface area contributed by atoms with Gasteiger partial charge in [0.05, 0.1) is 11.5 Å². The Bertz CT molecular complexity index is 1030. The van der Waals surface area contributed by atoms with E-state index in [1.165, 1.54) is 17.8 Å². The summed E-state index contributed by atoms with van der Waals surface area (Å²) in [6, 6.07) is 12.3. The Balaban J connectivity index is 1.56. The van der Waals surface area contributed by atoms with Gasteiger partial charge in [-0.3, -0.25) is 4.79 Å². The number of halogens is 1. The van der Waals surface area contributed by atoms with E-state index in [9.17, 15) is 9.18 Å². The number of carbonyl (C=O) groups is 1. The van der Waals surface area contributed by atoms with Crippen LogP contribution in [0.4, 0.5) is 27.7 Å². The van der Waals surface area contributed by atoms with Gasteiger partial charge in [0, 0.05) is 11.4 Å². The molecule has 0 aliphatic rings. The maximum atomic E-state index is 13.6. The van der Waals surface area contributed by atoms with Crippen molar-refractivity contribution in [3.05, 3.63) is 65.2 Å². The van der Waals surface area contributed by atoms with Crippen LogP contribution in [0.3, 0.4) is 0 Å². The largest absolute Gasteiger partial charge is 0.368 e. The first-order chi connectivity index (χ1) is 13.9. The lowest BCUT2D eigenvalue weighted by molar-refractivity contribution is -0.113. The molecule has 0 fully saturated rings. The van der Waals surface area contributed by atoms with Gasteiger partial charge in [0.2, 0.25) is 17.8 Å². The molecule has 150 valence electrons. The summed E-state index contributed by atoms with van der Waals surface area (Å²) in [5, 5.41) is 5.80. The quantitative estimate of drug-likeness (QED) is 0.541. The van der Waals surface area contributed by atoms with Gasteiger partial charge in [0.1, 0.15) is 11.6 Å². The van der Waals surface area contributed by atoms with Crippen LogP contribution in [0.5, 0.6) is 0 Å². The Morgan fingerprint density at radius 1 is 1.10 bits per heavy atom. The summed E-state index contributed by atoms with van der Waals surface area (Å²) in [6.07, 6.45) is 0. The van der Waals surface area contributed by atoms with E-state index in [0.717, 1.165) is 11.3 Å². The van der Waals surface area contributed by atoms with Gasteiger partial charge >= 0.3 is 0 Å². The molecule has 0 aliphatic heterocycles. The molecule has 0 aliphatic carbocycles. The molecule has 0 saturated carbocycles. The second kappa shape index (κ2) is 9.33. The number of amides is 1. The van der Waals surface area contributed by atoms with Crippen molar-refractivity contribution in [2.75, 3.05) is 22.1 Å². The zero-order valence-electron chi connectivity index (χ0n) is 16.1. The van der Waals surface area contributed by atoms with E-state index < -0.39 is 0 Å². The van der Waals surface area contributed by atoms with Gasteiger partial charge in [-0.05, 0) is 43.2 Å². The number of hydrogen-bond acceptors (Lipinski definition) is 7. The average Bonchev–Trinajstić information content (AvgIpc) is 2.66.